The van der Waals surface area contributed by atoms with E-state index in [0.717, 1.165) is 22.2 Å². The molecule has 1 aliphatic heterocycles. The number of amides is 3. The molecule has 0 saturated carbocycles. The zero-order valence-corrected chi connectivity index (χ0v) is 23.1. The van der Waals surface area contributed by atoms with E-state index in [1.165, 1.54) is 4.90 Å². The van der Waals surface area contributed by atoms with Crippen molar-refractivity contribution >= 4 is 57.4 Å². The standard InChI is InChI=1S/C31H26Cl2N2O4/c1-19-10-12-26(20(2)16-19)34(28(36)18-39-27-13-11-22(32)17-25(27)33)14-5-15-35-30(37)23-8-3-6-21-7-4-9-24(29(21)23)31(35)38/h3-4,6-13,16-17H,5,14-15,18H2,1-2H3. The number of carbonyl (C=O) groups is 3. The van der Waals surface area contributed by atoms with Gasteiger partial charge >= 0.3 is 0 Å². The number of aryl methyl sites for hydroxylation is 2. The fourth-order valence-electron chi connectivity index (χ4n) is 4.97. The molecule has 4 aromatic carbocycles. The Morgan fingerprint density at radius 2 is 1.59 bits per heavy atom. The lowest BCUT2D eigenvalue weighted by molar-refractivity contribution is -0.120. The van der Waals surface area contributed by atoms with Crippen LogP contribution in [0.4, 0.5) is 5.69 Å². The maximum absolute atomic E-state index is 13.4. The van der Waals surface area contributed by atoms with E-state index >= 15 is 0 Å². The van der Waals surface area contributed by atoms with Crippen LogP contribution in [0.2, 0.25) is 10.0 Å². The molecule has 198 valence electrons. The summed E-state index contributed by atoms with van der Waals surface area (Å²) in [7, 11) is 0. The number of nitrogens with zero attached hydrogens (tertiary/aromatic N) is 2. The lowest BCUT2D eigenvalue weighted by Crippen LogP contribution is -2.43. The van der Waals surface area contributed by atoms with E-state index < -0.39 is 0 Å². The van der Waals surface area contributed by atoms with Crippen molar-refractivity contribution in [1.82, 2.24) is 4.90 Å². The molecule has 0 saturated heterocycles. The Kier molecular flexibility index (Phi) is 7.60. The van der Waals surface area contributed by atoms with Gasteiger partial charge in [-0.25, -0.2) is 0 Å². The van der Waals surface area contributed by atoms with E-state index in [0.29, 0.717) is 38.7 Å². The highest BCUT2D eigenvalue weighted by atomic mass is 35.5. The van der Waals surface area contributed by atoms with Gasteiger partial charge in [0, 0.05) is 40.3 Å². The van der Waals surface area contributed by atoms with Gasteiger partial charge in [-0.15, -0.1) is 0 Å². The molecule has 0 N–H and O–H groups in total. The number of benzene rings is 4. The first-order chi connectivity index (χ1) is 18.7. The minimum absolute atomic E-state index is 0.168. The van der Waals surface area contributed by atoms with E-state index in [-0.39, 0.29) is 37.4 Å². The summed E-state index contributed by atoms with van der Waals surface area (Å²) in [6.07, 6.45) is 0.385. The molecule has 5 rings (SSSR count). The Bertz CT molecular complexity index is 1570. The fourth-order valence-corrected chi connectivity index (χ4v) is 5.43. The van der Waals surface area contributed by atoms with Crippen molar-refractivity contribution in [2.75, 3.05) is 24.6 Å². The number of hydrogen-bond acceptors (Lipinski definition) is 4. The SMILES string of the molecule is Cc1ccc(N(CCCN2C(=O)c3cccc4cccc(c34)C2=O)C(=O)COc2ccc(Cl)cc2Cl)c(C)c1. The Balaban J connectivity index is 1.34. The van der Waals surface area contributed by atoms with E-state index in [2.05, 4.69) is 0 Å². The van der Waals surface area contributed by atoms with Crippen molar-refractivity contribution in [2.24, 2.45) is 0 Å². The third-order valence-electron chi connectivity index (χ3n) is 6.81. The average molecular weight is 561 g/mol. The maximum Gasteiger partial charge on any atom is 0.264 e. The maximum atomic E-state index is 13.4. The molecule has 0 spiro atoms. The lowest BCUT2D eigenvalue weighted by Gasteiger charge is -2.29. The van der Waals surface area contributed by atoms with E-state index in [1.807, 2.05) is 56.3 Å². The Morgan fingerprint density at radius 1 is 0.897 bits per heavy atom. The Hall–Kier alpha value is -3.87. The summed E-state index contributed by atoms with van der Waals surface area (Å²) in [6.45, 7) is 4.13. The second kappa shape index (κ2) is 11.1. The molecule has 0 aromatic heterocycles. The van der Waals surface area contributed by atoms with Crippen molar-refractivity contribution < 1.29 is 19.1 Å². The van der Waals surface area contributed by atoms with Crippen molar-refractivity contribution in [3.05, 3.63) is 105 Å². The van der Waals surface area contributed by atoms with Crippen LogP contribution in [0.15, 0.2) is 72.8 Å². The van der Waals surface area contributed by atoms with E-state index in [9.17, 15) is 14.4 Å². The number of hydrogen-bond donors (Lipinski definition) is 0. The minimum atomic E-state index is -0.325. The number of anilines is 1. The largest absolute Gasteiger partial charge is 0.482 e. The van der Waals surface area contributed by atoms with Gasteiger partial charge in [-0.1, -0.05) is 65.2 Å². The molecule has 8 heteroatoms. The first-order valence-corrected chi connectivity index (χ1v) is 13.3. The summed E-state index contributed by atoms with van der Waals surface area (Å²) in [5, 5.41) is 2.33. The smallest absolute Gasteiger partial charge is 0.264 e. The van der Waals surface area contributed by atoms with Crippen LogP contribution in [-0.2, 0) is 4.79 Å². The average Bonchev–Trinajstić information content (AvgIpc) is 2.91. The van der Waals surface area contributed by atoms with Crippen LogP contribution in [0.25, 0.3) is 10.8 Å². The zero-order valence-electron chi connectivity index (χ0n) is 21.5. The van der Waals surface area contributed by atoms with Gasteiger partial charge in [-0.2, -0.15) is 0 Å². The van der Waals surface area contributed by atoms with Crippen molar-refractivity contribution in [3.8, 4) is 5.75 Å². The van der Waals surface area contributed by atoms with Crippen LogP contribution in [0, 0.1) is 13.8 Å². The summed E-state index contributed by atoms with van der Waals surface area (Å²) in [4.78, 5) is 42.9. The molecule has 0 fully saturated rings. The van der Waals surface area contributed by atoms with Gasteiger partial charge in [-0.05, 0) is 67.6 Å². The minimum Gasteiger partial charge on any atom is -0.482 e. The Labute approximate surface area is 236 Å². The number of ether oxygens (including phenoxy) is 1. The molecule has 0 bridgehead atoms. The normalized spacial score (nSPS) is 12.7. The van der Waals surface area contributed by atoms with Crippen LogP contribution in [0.5, 0.6) is 5.75 Å². The number of carbonyl (C=O) groups excluding carboxylic acids is 3. The quantitative estimate of drug-likeness (QED) is 0.221. The first-order valence-electron chi connectivity index (χ1n) is 12.6. The predicted molar refractivity (Wildman–Crippen MR) is 154 cm³/mol. The van der Waals surface area contributed by atoms with Gasteiger partial charge in [0.1, 0.15) is 5.75 Å². The summed E-state index contributed by atoms with van der Waals surface area (Å²) in [5.41, 5.74) is 3.77. The molecule has 6 nitrogen and oxygen atoms in total. The topological polar surface area (TPSA) is 66.9 Å². The molecule has 0 radical (unpaired) electrons. The molecule has 1 heterocycles. The zero-order chi connectivity index (χ0) is 27.7. The number of rotatable bonds is 8. The third kappa shape index (κ3) is 5.35. The molecule has 39 heavy (non-hydrogen) atoms. The van der Waals surface area contributed by atoms with Gasteiger partial charge < -0.3 is 9.64 Å². The molecular formula is C31H26Cl2N2O4. The summed E-state index contributed by atoms with van der Waals surface area (Å²) < 4.78 is 5.72. The van der Waals surface area contributed by atoms with Crippen molar-refractivity contribution in [3.63, 3.8) is 0 Å². The summed E-state index contributed by atoms with van der Waals surface area (Å²) in [5.74, 6) is -0.574. The van der Waals surface area contributed by atoms with E-state index in [4.69, 9.17) is 27.9 Å². The molecule has 3 amide bonds. The second-order valence-electron chi connectivity index (χ2n) is 9.52. The fraction of sp³-hybridized carbons (Fsp3) is 0.194. The van der Waals surface area contributed by atoms with Crippen LogP contribution in [0.1, 0.15) is 38.3 Å². The lowest BCUT2D eigenvalue weighted by atomic mass is 9.94. The van der Waals surface area contributed by atoms with Crippen LogP contribution >= 0.6 is 23.2 Å². The highest BCUT2D eigenvalue weighted by Crippen LogP contribution is 2.31. The monoisotopic (exact) mass is 560 g/mol. The molecule has 1 aliphatic rings. The highest BCUT2D eigenvalue weighted by Gasteiger charge is 2.32. The van der Waals surface area contributed by atoms with Crippen LogP contribution < -0.4 is 9.64 Å². The summed E-state index contributed by atoms with van der Waals surface area (Å²) in [6, 6.07) is 21.6. The van der Waals surface area contributed by atoms with E-state index in [1.54, 1.807) is 35.2 Å². The van der Waals surface area contributed by atoms with Gasteiger partial charge in [-0.3, -0.25) is 19.3 Å². The van der Waals surface area contributed by atoms with Crippen molar-refractivity contribution in [1.29, 1.82) is 0 Å². The third-order valence-corrected chi connectivity index (χ3v) is 7.34. The van der Waals surface area contributed by atoms with Crippen LogP contribution in [0.3, 0.4) is 0 Å². The number of imide groups is 1. The van der Waals surface area contributed by atoms with Gasteiger partial charge in [0.15, 0.2) is 6.61 Å². The molecule has 0 aliphatic carbocycles. The van der Waals surface area contributed by atoms with Gasteiger partial charge in [0.25, 0.3) is 17.7 Å². The first kappa shape index (κ1) is 26.7. The molecule has 4 aromatic rings. The Morgan fingerprint density at radius 3 is 2.23 bits per heavy atom. The van der Waals surface area contributed by atoms with Gasteiger partial charge in [0.2, 0.25) is 0 Å². The molecular weight excluding hydrogens is 535 g/mol. The number of halogens is 2. The van der Waals surface area contributed by atoms with Crippen LogP contribution in [-0.4, -0.2) is 42.3 Å². The second-order valence-corrected chi connectivity index (χ2v) is 10.4. The summed E-state index contributed by atoms with van der Waals surface area (Å²) >= 11 is 12.2. The molecule has 0 atom stereocenters. The van der Waals surface area contributed by atoms with Crippen molar-refractivity contribution in [2.45, 2.75) is 20.3 Å². The highest BCUT2D eigenvalue weighted by molar-refractivity contribution is 6.35. The predicted octanol–water partition coefficient (Wildman–Crippen LogP) is 6.86. The van der Waals surface area contributed by atoms with Gasteiger partial charge in [0.05, 0.1) is 5.02 Å². The molecule has 0 unspecified atom stereocenters.